The molecule has 0 aromatic carbocycles. The van der Waals surface area contributed by atoms with Crippen molar-refractivity contribution in [3.05, 3.63) is 22.2 Å². The normalized spacial score (nSPS) is 8.12. The van der Waals surface area contributed by atoms with Gasteiger partial charge >= 0.3 is 0 Å². The second kappa shape index (κ2) is 2.74. The number of hydrogen-bond acceptors (Lipinski definition) is 2. The van der Waals surface area contributed by atoms with Crippen molar-refractivity contribution in [2.24, 2.45) is 0 Å². The molecule has 0 bridgehead atoms. The van der Waals surface area contributed by atoms with Crippen LogP contribution in [0.1, 0.15) is 5.76 Å². The van der Waals surface area contributed by atoms with Crippen molar-refractivity contribution in [1.82, 2.24) is 5.16 Å². The van der Waals surface area contributed by atoms with E-state index in [-0.39, 0.29) is 22.6 Å². The quantitative estimate of drug-likeness (QED) is 0.557. The summed E-state index contributed by atoms with van der Waals surface area (Å²) in [5.41, 5.74) is -0.183. The fraction of sp³-hybridized carbons (Fsp3) is 0.250. The average Bonchev–Trinajstić information content (AvgIpc) is 1.87. The maximum Gasteiger partial charge on any atom is 0.280 e. The van der Waals surface area contributed by atoms with Crippen LogP contribution in [-0.4, -0.2) is 5.16 Å². The second-order valence-corrected chi connectivity index (χ2v) is 1.32. The van der Waals surface area contributed by atoms with E-state index >= 15 is 0 Å². The molecule has 1 heterocycles. The topological polar surface area (TPSA) is 46.0 Å². The van der Waals surface area contributed by atoms with E-state index in [1.54, 1.807) is 6.92 Å². The molecule has 3 nitrogen and oxygen atoms in total. The molecule has 1 rings (SSSR count). The average molecular weight is 163 g/mol. The minimum absolute atomic E-state index is 0. The van der Waals surface area contributed by atoms with Crippen LogP contribution in [-0.2, 0) is 17.1 Å². The molecule has 0 aliphatic heterocycles. The van der Waals surface area contributed by atoms with Crippen LogP contribution in [0.3, 0.4) is 0 Å². The van der Waals surface area contributed by atoms with E-state index in [1.807, 2.05) is 0 Å². The monoisotopic (exact) mass is 162 g/mol. The van der Waals surface area contributed by atoms with Gasteiger partial charge in [0.25, 0.3) is 5.56 Å². The van der Waals surface area contributed by atoms with E-state index in [9.17, 15) is 4.79 Å². The largest absolute Gasteiger partial charge is 0.384 e. The summed E-state index contributed by atoms with van der Waals surface area (Å²) >= 11 is 0. The summed E-state index contributed by atoms with van der Waals surface area (Å²) in [6.45, 7) is 1.71. The number of H-pyrrole nitrogens is 1. The van der Waals surface area contributed by atoms with Crippen molar-refractivity contribution >= 4 is 0 Å². The molecule has 1 aromatic heterocycles. The molecule has 0 saturated carbocycles. The van der Waals surface area contributed by atoms with E-state index in [0.717, 1.165) is 0 Å². The molecule has 0 aliphatic rings. The van der Waals surface area contributed by atoms with E-state index < -0.39 is 0 Å². The van der Waals surface area contributed by atoms with Gasteiger partial charge in [-0.25, -0.2) is 0 Å². The van der Waals surface area contributed by atoms with E-state index in [4.69, 9.17) is 0 Å². The molecule has 8 heavy (non-hydrogen) atoms. The first-order valence-electron chi connectivity index (χ1n) is 1.94. The van der Waals surface area contributed by atoms with Crippen molar-refractivity contribution in [2.75, 3.05) is 0 Å². The molecule has 1 N–H and O–H groups in total. The Bertz CT molecular complexity index is 202. The molecule has 0 spiro atoms. The first-order chi connectivity index (χ1) is 3.29. The maximum absolute atomic E-state index is 10.1. The Morgan fingerprint density at radius 2 is 2.38 bits per heavy atom. The number of hydrogen-bond donors (Lipinski definition) is 1. The maximum atomic E-state index is 10.1. The van der Waals surface area contributed by atoms with Gasteiger partial charge in [0.15, 0.2) is 0 Å². The first kappa shape index (κ1) is 7.53. The minimum atomic E-state index is -0.183. The molecular formula is C4H5CuNO2. The van der Waals surface area contributed by atoms with Gasteiger partial charge in [0.2, 0.25) is 0 Å². The molecule has 0 saturated heterocycles. The van der Waals surface area contributed by atoms with Crippen LogP contribution in [0.25, 0.3) is 0 Å². The van der Waals surface area contributed by atoms with Crippen LogP contribution in [0.2, 0.25) is 0 Å². The zero-order valence-electron chi connectivity index (χ0n) is 4.20. The van der Waals surface area contributed by atoms with Gasteiger partial charge in [-0.05, 0) is 6.92 Å². The number of aromatic nitrogens is 1. The molecule has 0 amide bonds. The number of aromatic amines is 1. The Balaban J connectivity index is 0.000000490. The molecule has 0 atom stereocenters. The van der Waals surface area contributed by atoms with Crippen LogP contribution < -0.4 is 5.56 Å². The van der Waals surface area contributed by atoms with Gasteiger partial charge in [-0.1, -0.05) is 0 Å². The van der Waals surface area contributed by atoms with Crippen LogP contribution in [0.4, 0.5) is 0 Å². The van der Waals surface area contributed by atoms with Crippen molar-refractivity contribution in [1.29, 1.82) is 0 Å². The molecule has 49 valence electrons. The zero-order valence-corrected chi connectivity index (χ0v) is 5.14. The van der Waals surface area contributed by atoms with Crippen molar-refractivity contribution in [3.63, 3.8) is 0 Å². The third kappa shape index (κ3) is 1.56. The van der Waals surface area contributed by atoms with Gasteiger partial charge in [-0.15, -0.1) is 0 Å². The van der Waals surface area contributed by atoms with Crippen LogP contribution in [0.5, 0.6) is 0 Å². The van der Waals surface area contributed by atoms with Crippen LogP contribution in [0.15, 0.2) is 15.4 Å². The summed E-state index contributed by atoms with van der Waals surface area (Å²) in [4.78, 5) is 10.1. The fourth-order valence-electron chi connectivity index (χ4n) is 0.374. The Labute approximate surface area is 56.5 Å². The van der Waals surface area contributed by atoms with E-state index in [2.05, 4.69) is 9.68 Å². The van der Waals surface area contributed by atoms with Gasteiger partial charge in [-0.3, -0.25) is 4.79 Å². The smallest absolute Gasteiger partial charge is 0.280 e. The summed E-state index contributed by atoms with van der Waals surface area (Å²) in [6.07, 6.45) is 0. The Hall–Kier alpha value is -0.471. The van der Waals surface area contributed by atoms with Gasteiger partial charge in [-0.2, -0.15) is 5.16 Å². The number of rotatable bonds is 0. The Morgan fingerprint density at radius 1 is 1.75 bits per heavy atom. The SMILES string of the molecule is Cc1cc(=O)[nH]o1.[Cu]. The molecule has 1 aromatic rings. The van der Waals surface area contributed by atoms with E-state index in [0.29, 0.717) is 5.76 Å². The van der Waals surface area contributed by atoms with Crippen molar-refractivity contribution < 1.29 is 21.6 Å². The summed E-state index contributed by atoms with van der Waals surface area (Å²) in [5.74, 6) is 0.616. The van der Waals surface area contributed by atoms with Crippen molar-refractivity contribution in [2.45, 2.75) is 6.92 Å². The summed E-state index contributed by atoms with van der Waals surface area (Å²) in [6, 6.07) is 1.39. The molecule has 0 fully saturated rings. The molecular weight excluding hydrogens is 158 g/mol. The predicted octanol–water partition coefficient (Wildman–Crippen LogP) is 0.274. The standard InChI is InChI=1S/C4H5NO2.Cu/c1-3-2-4(6)5-7-3;/h2H,1H3,(H,5,6);. The number of nitrogens with one attached hydrogen (secondary N) is 1. The zero-order chi connectivity index (χ0) is 5.28. The summed E-state index contributed by atoms with van der Waals surface area (Å²) in [7, 11) is 0. The van der Waals surface area contributed by atoms with Gasteiger partial charge < -0.3 is 4.52 Å². The van der Waals surface area contributed by atoms with Crippen LogP contribution in [0, 0.1) is 6.92 Å². The third-order valence-electron chi connectivity index (χ3n) is 0.647. The Kier molecular flexibility index (Phi) is 2.58. The summed E-state index contributed by atoms with van der Waals surface area (Å²) in [5, 5.41) is 2.14. The fourth-order valence-corrected chi connectivity index (χ4v) is 0.374. The Morgan fingerprint density at radius 3 is 2.50 bits per heavy atom. The van der Waals surface area contributed by atoms with Gasteiger partial charge in [0.05, 0.1) is 0 Å². The minimum Gasteiger partial charge on any atom is -0.384 e. The molecule has 0 aliphatic carbocycles. The molecule has 1 radical (unpaired) electrons. The van der Waals surface area contributed by atoms with Crippen LogP contribution >= 0.6 is 0 Å². The van der Waals surface area contributed by atoms with E-state index in [1.165, 1.54) is 6.07 Å². The second-order valence-electron chi connectivity index (χ2n) is 1.32. The number of aryl methyl sites for hydroxylation is 1. The van der Waals surface area contributed by atoms with Gasteiger partial charge in [0, 0.05) is 23.1 Å². The molecule has 0 unspecified atom stereocenters. The summed E-state index contributed by atoms with van der Waals surface area (Å²) < 4.78 is 4.53. The third-order valence-corrected chi connectivity index (χ3v) is 0.647. The van der Waals surface area contributed by atoms with Gasteiger partial charge in [0.1, 0.15) is 5.76 Å². The first-order valence-corrected chi connectivity index (χ1v) is 1.94. The predicted molar refractivity (Wildman–Crippen MR) is 24.1 cm³/mol. The molecule has 4 heteroatoms. The van der Waals surface area contributed by atoms with Crippen molar-refractivity contribution in [3.8, 4) is 0 Å².